The van der Waals surface area contributed by atoms with E-state index in [2.05, 4.69) is 45.9 Å². The molecule has 32 heavy (non-hydrogen) atoms. The van der Waals surface area contributed by atoms with E-state index in [0.717, 1.165) is 11.2 Å². The van der Waals surface area contributed by atoms with Gasteiger partial charge in [-0.15, -0.1) is 0 Å². The molecule has 0 aliphatic carbocycles. The number of aryl methyl sites for hydroxylation is 1. The molecule has 0 aromatic carbocycles. The molecule has 0 bridgehead atoms. The third-order valence-electron chi connectivity index (χ3n) is 4.80. The van der Waals surface area contributed by atoms with Gasteiger partial charge in [0.2, 0.25) is 0 Å². The monoisotopic (exact) mass is 424 g/mol. The van der Waals surface area contributed by atoms with Crippen molar-refractivity contribution in [1.82, 2.24) is 39.7 Å². The normalized spacial score (nSPS) is 11.3. The average Bonchev–Trinajstić information content (AvgIpc) is 3.52. The number of hydrogen-bond donors (Lipinski definition) is 3. The maximum atomic E-state index is 5.44. The number of nitrogens with one attached hydrogen (secondary N) is 3. The first kappa shape index (κ1) is 18.0. The number of anilines is 4. The van der Waals surface area contributed by atoms with Crippen LogP contribution in [0.5, 0.6) is 0 Å². The third kappa shape index (κ3) is 3.17. The average molecular weight is 424 g/mol. The lowest BCUT2D eigenvalue weighted by molar-refractivity contribution is 0.615. The van der Waals surface area contributed by atoms with Gasteiger partial charge in [0, 0.05) is 36.7 Å². The Kier molecular flexibility index (Phi) is 4.03. The molecule has 6 aromatic heterocycles. The standard InChI is InChI=1S/C21H16N10O/c1-12-25-15(10-18(26-12)27-13-9-16-14(22-11-13)5-8-32-16)20-21(28-17-4-7-23-30-17)29-19-3-2-6-24-31(19)20/h2-11H,1H3,(H2,23,28,30)(H,25,26,27). The van der Waals surface area contributed by atoms with Crippen LogP contribution >= 0.6 is 0 Å². The molecule has 0 amide bonds. The van der Waals surface area contributed by atoms with Crippen LogP contribution in [-0.2, 0) is 0 Å². The summed E-state index contributed by atoms with van der Waals surface area (Å²) in [4.78, 5) is 18.2. The van der Waals surface area contributed by atoms with Gasteiger partial charge in [-0.1, -0.05) is 0 Å². The van der Waals surface area contributed by atoms with Gasteiger partial charge in [-0.25, -0.2) is 19.5 Å². The minimum Gasteiger partial charge on any atom is -0.463 e. The Labute approximate surface area is 180 Å². The topological polar surface area (TPSA) is 135 Å². The Bertz CT molecular complexity index is 1550. The van der Waals surface area contributed by atoms with E-state index in [-0.39, 0.29) is 0 Å². The van der Waals surface area contributed by atoms with Gasteiger partial charge in [0.05, 0.1) is 23.8 Å². The molecule has 0 radical (unpaired) electrons. The Balaban J connectivity index is 1.44. The second-order valence-electron chi connectivity index (χ2n) is 7.03. The van der Waals surface area contributed by atoms with Crippen LogP contribution in [0.25, 0.3) is 28.1 Å². The number of aromatic nitrogens is 8. The minimum atomic E-state index is 0.582. The van der Waals surface area contributed by atoms with E-state index in [0.29, 0.717) is 45.9 Å². The summed E-state index contributed by atoms with van der Waals surface area (Å²) in [6.45, 7) is 1.83. The Morgan fingerprint density at radius 3 is 2.91 bits per heavy atom. The second-order valence-corrected chi connectivity index (χ2v) is 7.03. The zero-order valence-corrected chi connectivity index (χ0v) is 16.8. The molecule has 0 unspecified atom stereocenters. The van der Waals surface area contributed by atoms with Gasteiger partial charge in [0.25, 0.3) is 0 Å². The summed E-state index contributed by atoms with van der Waals surface area (Å²) in [5.74, 6) is 2.42. The number of aromatic amines is 1. The highest BCUT2D eigenvalue weighted by atomic mass is 16.3. The van der Waals surface area contributed by atoms with Crippen LogP contribution in [0.15, 0.2) is 65.7 Å². The van der Waals surface area contributed by atoms with Crippen molar-refractivity contribution >= 4 is 39.9 Å². The van der Waals surface area contributed by atoms with Gasteiger partial charge in [-0.3, -0.25) is 10.1 Å². The van der Waals surface area contributed by atoms with Crippen LogP contribution < -0.4 is 10.6 Å². The van der Waals surface area contributed by atoms with E-state index in [1.165, 1.54) is 0 Å². The van der Waals surface area contributed by atoms with E-state index >= 15 is 0 Å². The predicted molar refractivity (Wildman–Crippen MR) is 118 cm³/mol. The minimum absolute atomic E-state index is 0.582. The number of H-pyrrole nitrogens is 1. The Morgan fingerprint density at radius 2 is 2.00 bits per heavy atom. The van der Waals surface area contributed by atoms with Crippen molar-refractivity contribution in [2.45, 2.75) is 6.92 Å². The summed E-state index contributed by atoms with van der Waals surface area (Å²) < 4.78 is 7.18. The summed E-state index contributed by atoms with van der Waals surface area (Å²) in [6, 6.07) is 11.1. The maximum Gasteiger partial charge on any atom is 0.162 e. The fraction of sp³-hybridized carbons (Fsp3) is 0.0476. The van der Waals surface area contributed by atoms with Crippen molar-refractivity contribution in [2.75, 3.05) is 10.6 Å². The summed E-state index contributed by atoms with van der Waals surface area (Å²) in [7, 11) is 0. The van der Waals surface area contributed by atoms with Gasteiger partial charge < -0.3 is 15.1 Å². The van der Waals surface area contributed by atoms with E-state index in [9.17, 15) is 0 Å². The van der Waals surface area contributed by atoms with Gasteiger partial charge in [-0.2, -0.15) is 10.2 Å². The van der Waals surface area contributed by atoms with Crippen molar-refractivity contribution in [3.8, 4) is 11.4 Å². The smallest absolute Gasteiger partial charge is 0.162 e. The highest BCUT2D eigenvalue weighted by Gasteiger charge is 2.19. The molecule has 0 aliphatic heterocycles. The van der Waals surface area contributed by atoms with Crippen LogP contribution in [0.4, 0.5) is 23.1 Å². The van der Waals surface area contributed by atoms with E-state index in [1.807, 2.05) is 43.3 Å². The first-order valence-electron chi connectivity index (χ1n) is 9.80. The van der Waals surface area contributed by atoms with Crippen LogP contribution in [-0.4, -0.2) is 39.7 Å². The number of furan rings is 1. The van der Waals surface area contributed by atoms with Gasteiger partial charge in [-0.05, 0) is 19.1 Å². The first-order chi connectivity index (χ1) is 15.7. The Hall–Kier alpha value is -4.80. The number of fused-ring (bicyclic) bond motifs is 2. The predicted octanol–water partition coefficient (Wildman–Crippen LogP) is 3.85. The molecule has 0 aliphatic rings. The molecular formula is C21H16N10O. The van der Waals surface area contributed by atoms with Gasteiger partial charge in [0.1, 0.15) is 22.9 Å². The number of hydrogen-bond acceptors (Lipinski definition) is 9. The zero-order chi connectivity index (χ0) is 21.5. The van der Waals surface area contributed by atoms with Crippen molar-refractivity contribution < 1.29 is 4.42 Å². The molecule has 0 atom stereocenters. The largest absolute Gasteiger partial charge is 0.463 e. The molecule has 11 heteroatoms. The lowest BCUT2D eigenvalue weighted by Gasteiger charge is -2.09. The zero-order valence-electron chi connectivity index (χ0n) is 16.8. The third-order valence-corrected chi connectivity index (χ3v) is 4.80. The maximum absolute atomic E-state index is 5.44. The van der Waals surface area contributed by atoms with Crippen LogP contribution in [0.1, 0.15) is 5.82 Å². The molecule has 3 N–H and O–H groups in total. The van der Waals surface area contributed by atoms with E-state index in [4.69, 9.17) is 4.42 Å². The van der Waals surface area contributed by atoms with Crippen molar-refractivity contribution in [2.24, 2.45) is 0 Å². The van der Waals surface area contributed by atoms with Crippen LogP contribution in [0.2, 0.25) is 0 Å². The summed E-state index contributed by atoms with van der Waals surface area (Å²) >= 11 is 0. The Morgan fingerprint density at radius 1 is 1.03 bits per heavy atom. The van der Waals surface area contributed by atoms with E-state index in [1.54, 1.807) is 29.4 Å². The fourth-order valence-corrected chi connectivity index (χ4v) is 3.47. The SMILES string of the molecule is Cc1nc(Nc2cnc3ccoc3c2)cc(-c2c(Nc3cc[nH]n3)nc3cccnn23)n1. The molecule has 6 heterocycles. The van der Waals surface area contributed by atoms with Crippen LogP contribution in [0, 0.1) is 6.92 Å². The number of rotatable bonds is 5. The van der Waals surface area contributed by atoms with Crippen molar-refractivity contribution in [1.29, 1.82) is 0 Å². The van der Waals surface area contributed by atoms with Gasteiger partial charge >= 0.3 is 0 Å². The number of pyridine rings is 1. The number of nitrogens with zero attached hydrogens (tertiary/aromatic N) is 7. The first-order valence-corrected chi connectivity index (χ1v) is 9.80. The lowest BCUT2D eigenvalue weighted by atomic mass is 10.2. The van der Waals surface area contributed by atoms with Crippen LogP contribution in [0.3, 0.4) is 0 Å². The highest BCUT2D eigenvalue weighted by molar-refractivity contribution is 5.80. The summed E-state index contributed by atoms with van der Waals surface area (Å²) in [5.41, 5.74) is 4.26. The molecular weight excluding hydrogens is 408 g/mol. The van der Waals surface area contributed by atoms with E-state index < -0.39 is 0 Å². The molecule has 11 nitrogen and oxygen atoms in total. The molecule has 0 fully saturated rings. The molecule has 0 saturated heterocycles. The second kappa shape index (κ2) is 7.16. The molecule has 0 saturated carbocycles. The number of imidazole rings is 1. The van der Waals surface area contributed by atoms with Crippen molar-refractivity contribution in [3.05, 3.63) is 67.1 Å². The highest BCUT2D eigenvalue weighted by Crippen LogP contribution is 2.31. The summed E-state index contributed by atoms with van der Waals surface area (Å²) in [5, 5.41) is 17.9. The summed E-state index contributed by atoms with van der Waals surface area (Å²) in [6.07, 6.45) is 6.78. The lowest BCUT2D eigenvalue weighted by Crippen LogP contribution is -2.03. The van der Waals surface area contributed by atoms with Gasteiger partial charge in [0.15, 0.2) is 22.9 Å². The molecule has 0 spiro atoms. The quantitative estimate of drug-likeness (QED) is 0.377. The molecule has 156 valence electrons. The fourth-order valence-electron chi connectivity index (χ4n) is 3.47. The molecule has 6 aromatic rings. The molecule has 6 rings (SSSR count). The van der Waals surface area contributed by atoms with Crippen molar-refractivity contribution in [3.63, 3.8) is 0 Å².